The van der Waals surface area contributed by atoms with Gasteiger partial charge in [-0.3, -0.25) is 4.79 Å². The lowest BCUT2D eigenvalue weighted by Gasteiger charge is -2.15. The number of carboxylic acids is 1. The first-order chi connectivity index (χ1) is 9.06. The summed E-state index contributed by atoms with van der Waals surface area (Å²) < 4.78 is 1.62. The molecule has 0 amide bonds. The van der Waals surface area contributed by atoms with Crippen LogP contribution in [0.15, 0.2) is 29.1 Å². The molecular weight excluding hydrogens is 266 g/mol. The fourth-order valence-corrected chi connectivity index (χ4v) is 2.39. The number of pyridine rings is 1. The Labute approximate surface area is 115 Å². The van der Waals surface area contributed by atoms with E-state index < -0.39 is 5.97 Å². The van der Waals surface area contributed by atoms with Crippen molar-refractivity contribution in [2.24, 2.45) is 0 Å². The smallest absolute Gasteiger partial charge is 0.352 e. The van der Waals surface area contributed by atoms with E-state index in [1.54, 1.807) is 22.8 Å². The van der Waals surface area contributed by atoms with Crippen molar-refractivity contribution in [3.63, 3.8) is 0 Å². The van der Waals surface area contributed by atoms with Crippen molar-refractivity contribution < 1.29 is 9.90 Å². The van der Waals surface area contributed by atoms with Gasteiger partial charge in [-0.1, -0.05) is 31.0 Å². The van der Waals surface area contributed by atoms with Gasteiger partial charge in [0.25, 0.3) is 0 Å². The average Bonchev–Trinajstić information content (AvgIpc) is 2.38. The number of carbonyl (C=O) groups is 1. The third-order valence-electron chi connectivity index (χ3n) is 3.04. The first-order valence-corrected chi connectivity index (χ1v) is 6.49. The van der Waals surface area contributed by atoms with E-state index >= 15 is 0 Å². The number of benzene rings is 1. The van der Waals surface area contributed by atoms with Gasteiger partial charge in [0.15, 0.2) is 5.43 Å². The van der Waals surface area contributed by atoms with Crippen LogP contribution in [0.25, 0.3) is 10.9 Å². The molecule has 0 atom stereocenters. The van der Waals surface area contributed by atoms with E-state index in [-0.39, 0.29) is 11.1 Å². The van der Waals surface area contributed by atoms with Gasteiger partial charge < -0.3 is 9.67 Å². The maximum Gasteiger partial charge on any atom is 0.352 e. The lowest BCUT2D eigenvalue weighted by atomic mass is 10.1. The molecule has 1 heterocycles. The van der Waals surface area contributed by atoms with Crippen molar-refractivity contribution in [3.8, 4) is 0 Å². The predicted molar refractivity (Wildman–Crippen MR) is 75.1 cm³/mol. The monoisotopic (exact) mass is 279 g/mol. The number of hydrogen-bond acceptors (Lipinski definition) is 2. The zero-order valence-corrected chi connectivity index (χ0v) is 11.3. The minimum atomic E-state index is -1.12. The van der Waals surface area contributed by atoms with Crippen molar-refractivity contribution >= 4 is 28.5 Å². The maximum atomic E-state index is 11.9. The number of fused-ring (bicyclic) bond motifs is 1. The van der Waals surface area contributed by atoms with Crippen molar-refractivity contribution in [2.75, 3.05) is 0 Å². The molecule has 100 valence electrons. The van der Waals surface area contributed by atoms with Crippen molar-refractivity contribution in [3.05, 3.63) is 45.2 Å². The minimum Gasteiger partial charge on any atom is -0.477 e. The summed E-state index contributed by atoms with van der Waals surface area (Å²) >= 11 is 6.14. The largest absolute Gasteiger partial charge is 0.477 e. The second kappa shape index (κ2) is 5.45. The highest BCUT2D eigenvalue weighted by Gasteiger charge is 2.15. The Bertz CT molecular complexity index is 691. The lowest BCUT2D eigenvalue weighted by molar-refractivity contribution is 0.0684. The normalized spacial score (nSPS) is 10.8. The average molecular weight is 280 g/mol. The highest BCUT2D eigenvalue weighted by Crippen LogP contribution is 2.23. The van der Waals surface area contributed by atoms with Crippen LogP contribution in [0.5, 0.6) is 0 Å². The fraction of sp³-hybridized carbons (Fsp3) is 0.286. The van der Waals surface area contributed by atoms with Gasteiger partial charge in [0.05, 0.1) is 10.5 Å². The zero-order chi connectivity index (χ0) is 14.0. The number of rotatable bonds is 4. The number of aromatic nitrogens is 1. The third-order valence-corrected chi connectivity index (χ3v) is 3.34. The number of nitrogens with zero attached hydrogens (tertiary/aromatic N) is 1. The highest BCUT2D eigenvalue weighted by atomic mass is 35.5. The molecule has 0 radical (unpaired) electrons. The van der Waals surface area contributed by atoms with Crippen LogP contribution in [0.3, 0.4) is 0 Å². The molecule has 0 fully saturated rings. The summed E-state index contributed by atoms with van der Waals surface area (Å²) in [5.41, 5.74) is 0.171. The molecule has 0 saturated carbocycles. The highest BCUT2D eigenvalue weighted by molar-refractivity contribution is 6.35. The Morgan fingerprint density at radius 2 is 2.16 bits per heavy atom. The number of halogens is 1. The Morgan fingerprint density at radius 3 is 2.79 bits per heavy atom. The van der Waals surface area contributed by atoms with E-state index in [0.717, 1.165) is 18.9 Å². The van der Waals surface area contributed by atoms with Gasteiger partial charge in [-0.05, 0) is 18.6 Å². The molecule has 0 saturated heterocycles. The number of hydrogen-bond donors (Lipinski definition) is 1. The van der Waals surface area contributed by atoms with E-state index in [0.29, 0.717) is 22.5 Å². The summed E-state index contributed by atoms with van der Waals surface area (Å²) in [6.07, 6.45) is 1.75. The van der Waals surface area contributed by atoms with Gasteiger partial charge in [0.1, 0.15) is 5.69 Å². The molecule has 2 rings (SSSR count). The summed E-state index contributed by atoms with van der Waals surface area (Å²) in [7, 11) is 0. The second-order valence-electron chi connectivity index (χ2n) is 4.34. The van der Waals surface area contributed by atoms with Crippen LogP contribution in [0.1, 0.15) is 30.3 Å². The topological polar surface area (TPSA) is 59.3 Å². The predicted octanol–water partition coefficient (Wildman–Crippen LogP) is 3.15. The summed E-state index contributed by atoms with van der Waals surface area (Å²) in [5.74, 6) is -1.12. The number of unbranched alkanes of at least 4 members (excludes halogenated alkanes) is 1. The Kier molecular flexibility index (Phi) is 3.90. The van der Waals surface area contributed by atoms with Crippen LogP contribution in [0.2, 0.25) is 5.02 Å². The summed E-state index contributed by atoms with van der Waals surface area (Å²) in [6.45, 7) is 2.55. The SMILES string of the molecule is CCCCn1c(C(=O)O)cc(=O)c2cccc(Cl)c21. The van der Waals surface area contributed by atoms with E-state index in [1.807, 2.05) is 6.92 Å². The zero-order valence-electron chi connectivity index (χ0n) is 10.5. The van der Waals surface area contributed by atoms with Crippen LogP contribution in [-0.4, -0.2) is 15.6 Å². The number of aryl methyl sites for hydroxylation is 1. The molecule has 0 unspecified atom stereocenters. The first kappa shape index (κ1) is 13.6. The standard InChI is InChI=1S/C14H14ClNO3/c1-2-3-7-16-11(14(18)19)8-12(17)9-5-4-6-10(15)13(9)16/h4-6,8H,2-3,7H2,1H3,(H,18,19). The van der Waals surface area contributed by atoms with E-state index in [9.17, 15) is 14.7 Å². The van der Waals surface area contributed by atoms with Crippen LogP contribution >= 0.6 is 11.6 Å². The maximum absolute atomic E-state index is 11.9. The third kappa shape index (κ3) is 2.49. The van der Waals surface area contributed by atoms with Gasteiger partial charge in [-0.2, -0.15) is 0 Å². The van der Waals surface area contributed by atoms with Gasteiger partial charge in [-0.15, -0.1) is 0 Å². The molecule has 5 heteroatoms. The summed E-state index contributed by atoms with van der Waals surface area (Å²) in [5, 5.41) is 10.1. The van der Waals surface area contributed by atoms with Gasteiger partial charge in [0.2, 0.25) is 0 Å². The Hall–Kier alpha value is -1.81. The van der Waals surface area contributed by atoms with Gasteiger partial charge >= 0.3 is 5.97 Å². The molecular formula is C14H14ClNO3. The van der Waals surface area contributed by atoms with Gasteiger partial charge in [-0.25, -0.2) is 4.79 Å². The first-order valence-electron chi connectivity index (χ1n) is 6.11. The second-order valence-corrected chi connectivity index (χ2v) is 4.75. The van der Waals surface area contributed by atoms with Crippen LogP contribution in [0.4, 0.5) is 0 Å². The van der Waals surface area contributed by atoms with E-state index in [4.69, 9.17) is 11.6 Å². The molecule has 0 bridgehead atoms. The van der Waals surface area contributed by atoms with Gasteiger partial charge in [0, 0.05) is 18.0 Å². The summed E-state index contributed by atoms with van der Waals surface area (Å²) in [6, 6.07) is 6.18. The van der Waals surface area contributed by atoms with Crippen molar-refractivity contribution in [1.29, 1.82) is 0 Å². The number of aromatic carboxylic acids is 1. The molecule has 1 aromatic carbocycles. The minimum absolute atomic E-state index is 0.0148. The molecule has 4 nitrogen and oxygen atoms in total. The molecule has 1 aromatic heterocycles. The van der Waals surface area contributed by atoms with Crippen molar-refractivity contribution in [1.82, 2.24) is 4.57 Å². The Morgan fingerprint density at radius 1 is 1.42 bits per heavy atom. The van der Waals surface area contributed by atoms with Crippen molar-refractivity contribution in [2.45, 2.75) is 26.3 Å². The molecule has 0 aliphatic heterocycles. The Balaban J connectivity index is 2.84. The summed E-state index contributed by atoms with van der Waals surface area (Å²) in [4.78, 5) is 23.2. The quantitative estimate of drug-likeness (QED) is 0.935. The van der Waals surface area contributed by atoms with Crippen LogP contribution < -0.4 is 5.43 Å². The number of carboxylic acid groups (broad SMARTS) is 1. The lowest BCUT2D eigenvalue weighted by Crippen LogP contribution is -2.18. The molecule has 2 aromatic rings. The molecule has 0 aliphatic rings. The molecule has 0 aliphatic carbocycles. The van der Waals surface area contributed by atoms with Crippen LogP contribution in [-0.2, 0) is 6.54 Å². The molecule has 0 spiro atoms. The van der Waals surface area contributed by atoms with E-state index in [2.05, 4.69) is 0 Å². The number of para-hydroxylation sites is 1. The van der Waals surface area contributed by atoms with E-state index in [1.165, 1.54) is 0 Å². The molecule has 19 heavy (non-hydrogen) atoms. The molecule has 1 N–H and O–H groups in total. The van der Waals surface area contributed by atoms with Crippen LogP contribution in [0, 0.1) is 0 Å². The fourth-order valence-electron chi connectivity index (χ4n) is 2.11.